The molecule has 0 aliphatic carbocycles. The fraction of sp³-hybridized carbons (Fsp3) is 0.533. The summed E-state index contributed by atoms with van der Waals surface area (Å²) in [6, 6.07) is 8.12. The number of hydrogen-bond donors (Lipinski definition) is 1. The van der Waals surface area contributed by atoms with Crippen molar-refractivity contribution in [1.29, 1.82) is 0 Å². The molecule has 1 N–H and O–H groups in total. The van der Waals surface area contributed by atoms with Crippen LogP contribution < -0.4 is 5.32 Å². The number of aryl methyl sites for hydroxylation is 1. The minimum absolute atomic E-state index is 0.146. The fourth-order valence-electron chi connectivity index (χ4n) is 2.31. The summed E-state index contributed by atoms with van der Waals surface area (Å²) in [6.45, 7) is 6.20. The first kappa shape index (κ1) is 12.3. The molecule has 0 aromatic heterocycles. The fourth-order valence-corrected chi connectivity index (χ4v) is 2.31. The van der Waals surface area contributed by atoms with Gasteiger partial charge in [-0.1, -0.05) is 38.5 Å². The van der Waals surface area contributed by atoms with Crippen molar-refractivity contribution in [3.05, 3.63) is 35.4 Å². The Balaban J connectivity index is 2.09. The van der Waals surface area contributed by atoms with E-state index in [1.807, 2.05) is 12.1 Å². The monoisotopic (exact) mass is 231 g/mol. The van der Waals surface area contributed by atoms with E-state index in [1.54, 1.807) is 0 Å². The summed E-state index contributed by atoms with van der Waals surface area (Å²) >= 11 is 0. The molecule has 1 heterocycles. The SMILES string of the molecule is CCCc1cccc(C(=O)C(C)C2CNC2)c1. The standard InChI is InChI=1S/C15H21NO/c1-3-5-12-6-4-7-13(8-12)15(17)11(2)14-9-16-10-14/h4,6-8,11,14,16H,3,5,9-10H2,1-2H3. The summed E-state index contributed by atoms with van der Waals surface area (Å²) in [5.41, 5.74) is 2.16. The maximum atomic E-state index is 12.3. The van der Waals surface area contributed by atoms with Gasteiger partial charge in [0.15, 0.2) is 5.78 Å². The highest BCUT2D eigenvalue weighted by Crippen LogP contribution is 2.21. The Hall–Kier alpha value is -1.15. The number of carbonyl (C=O) groups is 1. The first-order valence-corrected chi connectivity index (χ1v) is 6.56. The van der Waals surface area contributed by atoms with E-state index in [9.17, 15) is 4.79 Å². The van der Waals surface area contributed by atoms with E-state index in [0.717, 1.165) is 31.5 Å². The highest BCUT2D eigenvalue weighted by Gasteiger charge is 2.29. The average Bonchev–Trinajstić information content (AvgIpc) is 2.26. The van der Waals surface area contributed by atoms with Gasteiger partial charge in [0, 0.05) is 11.5 Å². The van der Waals surface area contributed by atoms with E-state index in [-0.39, 0.29) is 5.92 Å². The summed E-state index contributed by atoms with van der Waals surface area (Å²) < 4.78 is 0. The quantitative estimate of drug-likeness (QED) is 0.789. The molecule has 1 saturated heterocycles. The van der Waals surface area contributed by atoms with Crippen molar-refractivity contribution >= 4 is 5.78 Å². The normalized spacial score (nSPS) is 17.5. The lowest BCUT2D eigenvalue weighted by molar-refractivity contribution is 0.0854. The first-order chi connectivity index (χ1) is 8.22. The summed E-state index contributed by atoms with van der Waals surface area (Å²) in [6.07, 6.45) is 2.18. The molecule has 1 unspecified atom stereocenters. The summed E-state index contributed by atoms with van der Waals surface area (Å²) in [4.78, 5) is 12.3. The van der Waals surface area contributed by atoms with Crippen LogP contribution in [0.2, 0.25) is 0 Å². The van der Waals surface area contributed by atoms with Gasteiger partial charge < -0.3 is 5.32 Å². The van der Waals surface area contributed by atoms with Crippen molar-refractivity contribution in [2.75, 3.05) is 13.1 Å². The Morgan fingerprint density at radius 2 is 2.24 bits per heavy atom. The van der Waals surface area contributed by atoms with Crippen LogP contribution in [0.15, 0.2) is 24.3 Å². The second-order valence-corrected chi connectivity index (χ2v) is 5.02. The number of benzene rings is 1. The minimum atomic E-state index is 0.146. The van der Waals surface area contributed by atoms with Crippen LogP contribution in [-0.4, -0.2) is 18.9 Å². The summed E-state index contributed by atoms with van der Waals surface area (Å²) in [5, 5.41) is 3.23. The molecule has 1 aromatic carbocycles. The van der Waals surface area contributed by atoms with E-state index in [4.69, 9.17) is 0 Å². The van der Waals surface area contributed by atoms with E-state index in [2.05, 4.69) is 31.3 Å². The van der Waals surface area contributed by atoms with Gasteiger partial charge in [-0.3, -0.25) is 4.79 Å². The van der Waals surface area contributed by atoms with Crippen molar-refractivity contribution in [3.63, 3.8) is 0 Å². The third-order valence-corrected chi connectivity index (χ3v) is 3.68. The summed E-state index contributed by atoms with van der Waals surface area (Å²) in [7, 11) is 0. The van der Waals surface area contributed by atoms with Crippen LogP contribution in [0.1, 0.15) is 36.2 Å². The zero-order valence-electron chi connectivity index (χ0n) is 10.7. The van der Waals surface area contributed by atoms with Crippen molar-refractivity contribution < 1.29 is 4.79 Å². The molecule has 1 fully saturated rings. The van der Waals surface area contributed by atoms with Gasteiger partial charge in [0.05, 0.1) is 0 Å². The number of rotatable bonds is 5. The highest BCUT2D eigenvalue weighted by atomic mass is 16.1. The van der Waals surface area contributed by atoms with Gasteiger partial charge in [-0.15, -0.1) is 0 Å². The van der Waals surface area contributed by atoms with Gasteiger partial charge in [0.2, 0.25) is 0 Å². The molecule has 1 aromatic rings. The third-order valence-electron chi connectivity index (χ3n) is 3.68. The zero-order chi connectivity index (χ0) is 12.3. The molecule has 0 saturated carbocycles. The number of nitrogens with one attached hydrogen (secondary N) is 1. The Kier molecular flexibility index (Phi) is 3.95. The lowest BCUT2D eigenvalue weighted by Crippen LogP contribution is -2.47. The molecule has 0 amide bonds. The van der Waals surface area contributed by atoms with Crippen molar-refractivity contribution in [2.24, 2.45) is 11.8 Å². The second-order valence-electron chi connectivity index (χ2n) is 5.02. The molecule has 17 heavy (non-hydrogen) atoms. The van der Waals surface area contributed by atoms with Gasteiger partial charge >= 0.3 is 0 Å². The van der Waals surface area contributed by atoms with E-state index in [0.29, 0.717) is 11.7 Å². The average molecular weight is 231 g/mol. The van der Waals surface area contributed by atoms with E-state index < -0.39 is 0 Å². The van der Waals surface area contributed by atoms with Gasteiger partial charge in [-0.25, -0.2) is 0 Å². The molecule has 92 valence electrons. The molecule has 0 bridgehead atoms. The Morgan fingerprint density at radius 3 is 2.82 bits per heavy atom. The number of Topliss-reactive ketones (excluding diaryl/α,β-unsaturated/α-hetero) is 1. The topological polar surface area (TPSA) is 29.1 Å². The Morgan fingerprint density at radius 1 is 1.47 bits per heavy atom. The molecular formula is C15H21NO. The van der Waals surface area contributed by atoms with Crippen LogP contribution in [0.4, 0.5) is 0 Å². The molecule has 0 spiro atoms. The number of carbonyl (C=O) groups excluding carboxylic acids is 1. The summed E-state index contributed by atoms with van der Waals surface area (Å²) in [5.74, 6) is 0.972. The second kappa shape index (κ2) is 5.46. The Labute approximate surface area is 103 Å². The van der Waals surface area contributed by atoms with Gasteiger partial charge in [-0.2, -0.15) is 0 Å². The largest absolute Gasteiger partial charge is 0.316 e. The molecule has 2 nitrogen and oxygen atoms in total. The molecule has 0 radical (unpaired) electrons. The lowest BCUT2D eigenvalue weighted by Gasteiger charge is -2.31. The van der Waals surface area contributed by atoms with Crippen LogP contribution in [0, 0.1) is 11.8 Å². The van der Waals surface area contributed by atoms with Crippen LogP contribution in [0.3, 0.4) is 0 Å². The van der Waals surface area contributed by atoms with E-state index >= 15 is 0 Å². The molecule has 1 aliphatic rings. The van der Waals surface area contributed by atoms with Gasteiger partial charge in [0.1, 0.15) is 0 Å². The number of hydrogen-bond acceptors (Lipinski definition) is 2. The number of ketones is 1. The zero-order valence-corrected chi connectivity index (χ0v) is 10.7. The van der Waals surface area contributed by atoms with Crippen LogP contribution in [-0.2, 0) is 6.42 Å². The van der Waals surface area contributed by atoms with Crippen LogP contribution >= 0.6 is 0 Å². The minimum Gasteiger partial charge on any atom is -0.316 e. The highest BCUT2D eigenvalue weighted by molar-refractivity contribution is 5.98. The van der Waals surface area contributed by atoms with Crippen molar-refractivity contribution in [1.82, 2.24) is 5.32 Å². The molecule has 1 atom stereocenters. The van der Waals surface area contributed by atoms with Crippen LogP contribution in [0.5, 0.6) is 0 Å². The molecule has 2 heteroatoms. The Bertz CT molecular complexity index is 396. The lowest BCUT2D eigenvalue weighted by atomic mass is 9.83. The maximum Gasteiger partial charge on any atom is 0.166 e. The first-order valence-electron chi connectivity index (χ1n) is 6.56. The molecular weight excluding hydrogens is 210 g/mol. The van der Waals surface area contributed by atoms with Crippen molar-refractivity contribution in [2.45, 2.75) is 26.7 Å². The van der Waals surface area contributed by atoms with Crippen LogP contribution in [0.25, 0.3) is 0 Å². The van der Waals surface area contributed by atoms with Crippen molar-refractivity contribution in [3.8, 4) is 0 Å². The van der Waals surface area contributed by atoms with Gasteiger partial charge in [-0.05, 0) is 37.1 Å². The smallest absolute Gasteiger partial charge is 0.166 e. The maximum absolute atomic E-state index is 12.3. The molecule has 2 rings (SSSR count). The third kappa shape index (κ3) is 2.75. The van der Waals surface area contributed by atoms with Gasteiger partial charge in [0.25, 0.3) is 0 Å². The predicted octanol–water partition coefficient (Wildman–Crippen LogP) is 2.68. The predicted molar refractivity (Wildman–Crippen MR) is 70.3 cm³/mol. The van der Waals surface area contributed by atoms with E-state index in [1.165, 1.54) is 5.56 Å². The molecule has 1 aliphatic heterocycles.